The first kappa shape index (κ1) is 56.5. The van der Waals surface area contributed by atoms with Crippen molar-refractivity contribution in [2.45, 2.75) is 36.3 Å². The van der Waals surface area contributed by atoms with E-state index in [1.54, 1.807) is 0 Å². The van der Waals surface area contributed by atoms with Gasteiger partial charge in [-0.2, -0.15) is 4.31 Å². The lowest BCUT2D eigenvalue weighted by molar-refractivity contribution is -0.388. The molecule has 0 aromatic heterocycles. The van der Waals surface area contributed by atoms with Gasteiger partial charge in [0.25, 0.3) is 27.3 Å². The molecule has 0 aliphatic rings. The number of nitro benzene ring substituents is 2. The fourth-order valence-corrected chi connectivity index (χ4v) is 8.25. The van der Waals surface area contributed by atoms with Crippen LogP contribution in [-0.2, 0) is 35.2 Å². The van der Waals surface area contributed by atoms with Gasteiger partial charge in [-0.15, -0.1) is 23.2 Å². The van der Waals surface area contributed by atoms with Crippen molar-refractivity contribution in [1.29, 1.82) is 0 Å². The van der Waals surface area contributed by atoms with Crippen LogP contribution in [0.2, 0.25) is 10.0 Å². The molecule has 4 aromatic rings. The fraction of sp³-hybridized carbons (Fsp3) is 0.211. The van der Waals surface area contributed by atoms with Gasteiger partial charge in [0.2, 0.25) is 5.24 Å². The van der Waals surface area contributed by atoms with Crippen molar-refractivity contribution >= 4 is 106 Å². The first-order valence-corrected chi connectivity index (χ1v) is 22.3. The summed E-state index contributed by atoms with van der Waals surface area (Å²) >= 11 is 25.9. The van der Waals surface area contributed by atoms with Crippen molar-refractivity contribution in [3.8, 4) is 0 Å². The summed E-state index contributed by atoms with van der Waals surface area (Å²) < 4.78 is 76.8. The molecule has 4 rings (SSSR count). The highest BCUT2D eigenvalue weighted by Crippen LogP contribution is 2.34. The molecule has 0 radical (unpaired) electrons. The zero-order chi connectivity index (χ0) is 47.1. The topological polar surface area (TPSA) is 195 Å². The summed E-state index contributed by atoms with van der Waals surface area (Å²) in [5, 5.41) is 21.3. The van der Waals surface area contributed by atoms with Gasteiger partial charge in [0.1, 0.15) is 16.5 Å². The van der Waals surface area contributed by atoms with E-state index in [-0.39, 0.29) is 30.9 Å². The van der Waals surface area contributed by atoms with Crippen LogP contribution >= 0.6 is 58.0 Å². The minimum atomic E-state index is -4.71. The number of sulfone groups is 1. The highest BCUT2D eigenvalue weighted by atomic mass is 35.5. The minimum absolute atomic E-state index is 0.0443. The molecule has 0 spiro atoms. The third-order valence-electron chi connectivity index (χ3n) is 7.34. The van der Waals surface area contributed by atoms with Crippen molar-refractivity contribution in [1.82, 2.24) is 4.90 Å². The second-order valence-corrected chi connectivity index (χ2v) is 16.8. The Morgan fingerprint density at radius 1 is 0.721 bits per heavy atom. The van der Waals surface area contributed by atoms with E-state index in [0.717, 1.165) is 60.7 Å². The van der Waals surface area contributed by atoms with Gasteiger partial charge in [-0.05, 0) is 91.4 Å². The van der Waals surface area contributed by atoms with E-state index < -0.39 is 79.4 Å². The molecule has 0 N–H and O–H groups in total. The van der Waals surface area contributed by atoms with Gasteiger partial charge < -0.3 is 4.90 Å². The zero-order valence-corrected chi connectivity index (χ0v) is 37.9. The second-order valence-electron chi connectivity index (χ2n) is 11.1. The minimum Gasteiger partial charge on any atom is -0.304 e. The van der Waals surface area contributed by atoms with Crippen LogP contribution in [0.25, 0.3) is 0 Å². The highest BCUT2D eigenvalue weighted by molar-refractivity contribution is 7.93. The van der Waals surface area contributed by atoms with Crippen molar-refractivity contribution < 1.29 is 45.1 Å². The third kappa shape index (κ3) is 18.5. The third-order valence-corrected chi connectivity index (χ3v) is 11.6. The first-order chi connectivity index (χ1) is 28.5. The summed E-state index contributed by atoms with van der Waals surface area (Å²) in [6.07, 6.45) is 1.74. The van der Waals surface area contributed by atoms with Crippen molar-refractivity contribution in [3.05, 3.63) is 158 Å². The quantitative estimate of drug-likeness (QED) is 0.0406. The lowest BCUT2D eigenvalue weighted by atomic mass is 10.2. The SMILES string of the molecule is C=CC(=O)Cl.C=CC(=O)N(c1ccc(F)cc1Cl)S(=O)(=O)c1ccccc1[N+](=O)[O-].CCN(CC)CC.ClCCl.O=[N+]([O-])c1ccccc1S(=O)(=O)Cc1ccc(F)cc1Cl. The number of para-hydroxylation sites is 2. The van der Waals surface area contributed by atoms with Crippen LogP contribution in [-0.4, -0.2) is 67.7 Å². The van der Waals surface area contributed by atoms with Gasteiger partial charge in [0.05, 0.1) is 31.6 Å². The summed E-state index contributed by atoms with van der Waals surface area (Å²) in [4.78, 5) is 43.2. The number of amides is 1. The Morgan fingerprint density at radius 3 is 1.51 bits per heavy atom. The maximum atomic E-state index is 13.2. The van der Waals surface area contributed by atoms with Gasteiger partial charge in [-0.1, -0.05) is 87.5 Å². The molecule has 4 aromatic carbocycles. The summed E-state index contributed by atoms with van der Waals surface area (Å²) in [5.74, 6) is -2.99. The van der Waals surface area contributed by atoms with E-state index in [4.69, 9.17) is 58.0 Å². The Kier molecular flexibility index (Phi) is 26.1. The standard InChI is InChI=1S/C15H10ClFN2O5S.C13H9ClFNO4S.C6H15N.C3H3ClO.CH2Cl2/c1-2-15(20)18(12-8-7-10(17)9-11(12)16)25(23,24)14-6-4-3-5-13(14)19(21)22;14-11-7-10(15)6-5-9(11)8-21(19,20)13-4-2-1-3-12(13)16(17)18;1-4-7(5-2)6-3;1-2-3(4)5;2-1-3/h2-9H,1H2;1-7H,8H2;4-6H2,1-3H3;2H,1H2;1H2. The molecular formula is C38H39Cl5F2N4O10S2. The number of hydrogen-bond donors (Lipinski definition) is 0. The molecule has 23 heteroatoms. The lowest BCUT2D eigenvalue weighted by Gasteiger charge is -2.22. The highest BCUT2D eigenvalue weighted by Gasteiger charge is 2.36. The number of rotatable bonds is 13. The maximum absolute atomic E-state index is 13.2. The number of carbonyl (C=O) groups is 2. The molecule has 0 aliphatic heterocycles. The number of halogens is 7. The molecule has 332 valence electrons. The van der Waals surface area contributed by atoms with Gasteiger partial charge in [-0.3, -0.25) is 29.8 Å². The molecule has 0 aliphatic carbocycles. The van der Waals surface area contributed by atoms with Crippen LogP contribution in [0.4, 0.5) is 25.8 Å². The largest absolute Gasteiger partial charge is 0.304 e. The normalized spacial score (nSPS) is 10.4. The molecule has 0 atom stereocenters. The Bertz CT molecular complexity index is 2370. The van der Waals surface area contributed by atoms with Gasteiger partial charge in [-0.25, -0.2) is 25.6 Å². The molecule has 0 saturated heterocycles. The van der Waals surface area contributed by atoms with Crippen LogP contribution in [0.3, 0.4) is 0 Å². The fourth-order valence-electron chi connectivity index (χ4n) is 4.48. The van der Waals surface area contributed by atoms with Crippen LogP contribution in [0.1, 0.15) is 26.3 Å². The molecule has 0 saturated carbocycles. The molecule has 61 heavy (non-hydrogen) atoms. The molecule has 0 bridgehead atoms. The van der Waals surface area contributed by atoms with Crippen molar-refractivity contribution in [3.63, 3.8) is 0 Å². The first-order valence-electron chi connectivity index (χ1n) is 17.0. The zero-order valence-electron chi connectivity index (χ0n) is 32.5. The monoisotopic (exact) mass is 988 g/mol. The lowest BCUT2D eigenvalue weighted by Crippen LogP contribution is -2.36. The van der Waals surface area contributed by atoms with Crippen LogP contribution in [0.5, 0.6) is 0 Å². The molecule has 0 heterocycles. The second kappa shape index (κ2) is 28.1. The summed E-state index contributed by atoms with van der Waals surface area (Å²) in [6.45, 7) is 16.4. The van der Waals surface area contributed by atoms with Crippen molar-refractivity contribution in [2.75, 3.05) is 29.3 Å². The number of sulfonamides is 1. The molecule has 0 unspecified atom stereocenters. The van der Waals surface area contributed by atoms with Crippen LogP contribution < -0.4 is 4.31 Å². The Balaban J connectivity index is 0.000000894. The Hall–Kier alpha value is -4.53. The smallest absolute Gasteiger partial charge is 0.289 e. The summed E-state index contributed by atoms with van der Waals surface area (Å²) in [7, 11) is -8.69. The Labute approximate surface area is 377 Å². The molecular weight excluding hydrogens is 952 g/mol. The maximum Gasteiger partial charge on any atom is 0.289 e. The van der Waals surface area contributed by atoms with E-state index in [0.29, 0.717) is 6.08 Å². The van der Waals surface area contributed by atoms with E-state index in [1.807, 2.05) is 0 Å². The van der Waals surface area contributed by atoms with Gasteiger partial charge in [0, 0.05) is 17.2 Å². The molecule has 1 amide bonds. The number of carbonyl (C=O) groups excluding carboxylic acids is 2. The van der Waals surface area contributed by atoms with Gasteiger partial charge in [0.15, 0.2) is 14.7 Å². The number of nitrogens with zero attached hydrogens (tertiary/aromatic N) is 4. The number of anilines is 1. The predicted octanol–water partition coefficient (Wildman–Crippen LogP) is 10.4. The van der Waals surface area contributed by atoms with E-state index >= 15 is 0 Å². The van der Waals surface area contributed by atoms with E-state index in [2.05, 4.69) is 38.8 Å². The van der Waals surface area contributed by atoms with E-state index in [9.17, 15) is 55.4 Å². The number of hydrogen-bond acceptors (Lipinski definition) is 11. The van der Waals surface area contributed by atoms with Crippen molar-refractivity contribution in [2.24, 2.45) is 0 Å². The average molecular weight is 991 g/mol. The number of nitro groups is 2. The molecule has 0 fully saturated rings. The number of benzene rings is 4. The number of alkyl halides is 2. The van der Waals surface area contributed by atoms with Crippen LogP contribution in [0, 0.1) is 31.9 Å². The van der Waals surface area contributed by atoms with E-state index in [1.165, 1.54) is 50.0 Å². The number of allylic oxidation sites excluding steroid dienone is 1. The Morgan fingerprint density at radius 2 is 1.13 bits per heavy atom. The molecule has 14 nitrogen and oxygen atoms in total. The predicted molar refractivity (Wildman–Crippen MR) is 236 cm³/mol. The van der Waals surface area contributed by atoms with Crippen LogP contribution in [0.15, 0.2) is 120 Å². The summed E-state index contributed by atoms with van der Waals surface area (Å²) in [6, 6.07) is 15.6. The average Bonchev–Trinajstić information content (AvgIpc) is 3.21. The summed E-state index contributed by atoms with van der Waals surface area (Å²) in [5.41, 5.74) is -1.40. The van der Waals surface area contributed by atoms with Gasteiger partial charge >= 0.3 is 0 Å².